The maximum atomic E-state index is 14.7. The molecule has 0 spiro atoms. The topological polar surface area (TPSA) is 67.3 Å². The van der Waals surface area contributed by atoms with Crippen LogP contribution in [-0.4, -0.2) is 53.5 Å². The van der Waals surface area contributed by atoms with Crippen molar-refractivity contribution < 1.29 is 22.7 Å². The molecule has 35 heavy (non-hydrogen) atoms. The third-order valence-corrected chi connectivity index (χ3v) is 7.42. The van der Waals surface area contributed by atoms with Crippen LogP contribution in [0.3, 0.4) is 0 Å². The molecule has 1 saturated heterocycles. The van der Waals surface area contributed by atoms with Crippen molar-refractivity contribution in [3.8, 4) is 0 Å². The summed E-state index contributed by atoms with van der Waals surface area (Å²) in [6.07, 6.45) is 0.191. The Balaban J connectivity index is 1.46. The number of hydrogen-bond acceptors (Lipinski definition) is 6. The van der Waals surface area contributed by atoms with Crippen LogP contribution in [-0.2, 0) is 22.4 Å². The van der Waals surface area contributed by atoms with E-state index in [-0.39, 0.29) is 22.5 Å². The van der Waals surface area contributed by atoms with Crippen molar-refractivity contribution in [2.75, 3.05) is 32.6 Å². The lowest BCUT2D eigenvalue weighted by Crippen LogP contribution is -2.43. The molecule has 0 radical (unpaired) electrons. The van der Waals surface area contributed by atoms with Crippen LogP contribution in [0.15, 0.2) is 18.2 Å². The first kappa shape index (κ1) is 25.9. The summed E-state index contributed by atoms with van der Waals surface area (Å²) in [4.78, 5) is 23.8. The Bertz CT molecular complexity index is 1100. The molecule has 0 saturated carbocycles. The van der Waals surface area contributed by atoms with E-state index in [1.54, 1.807) is 14.0 Å². The van der Waals surface area contributed by atoms with Crippen LogP contribution in [0.5, 0.6) is 0 Å². The van der Waals surface area contributed by atoms with Crippen molar-refractivity contribution in [3.05, 3.63) is 51.7 Å². The van der Waals surface area contributed by atoms with Crippen LogP contribution >= 0.6 is 11.6 Å². The van der Waals surface area contributed by atoms with E-state index < -0.39 is 29.4 Å². The fourth-order valence-corrected chi connectivity index (χ4v) is 5.42. The molecular weight excluding hydrogens is 481 g/mol. The van der Waals surface area contributed by atoms with Crippen molar-refractivity contribution in [1.82, 2.24) is 14.9 Å². The zero-order valence-electron chi connectivity index (χ0n) is 20.1. The van der Waals surface area contributed by atoms with E-state index >= 15 is 0 Å². The number of likely N-dealkylation sites (tertiary alicyclic amines) is 1. The van der Waals surface area contributed by atoms with Crippen LogP contribution < -0.4 is 5.32 Å². The quantitative estimate of drug-likeness (QED) is 0.470. The van der Waals surface area contributed by atoms with Crippen molar-refractivity contribution in [2.45, 2.75) is 57.1 Å². The second-order valence-corrected chi connectivity index (χ2v) is 9.94. The number of alkyl halides is 2. The molecule has 3 atom stereocenters. The standard InChI is InChI=1S/C25H30ClF3N4O2/c1-14(16-5-4-6-17(21(16)27)22(28)29)30-23-18-11-15(12-19(18)31-24(26)32-23)7-8-20(34)25(35-3)9-10-33(2)13-25/h4-6,14-15,22H,7-13H2,1-3H3,(H,30,31,32)/t14-,15?,25?/m1/s1. The van der Waals surface area contributed by atoms with E-state index in [0.717, 1.165) is 23.9 Å². The van der Waals surface area contributed by atoms with Gasteiger partial charge < -0.3 is 15.0 Å². The summed E-state index contributed by atoms with van der Waals surface area (Å²) in [5, 5.41) is 3.20. The van der Waals surface area contributed by atoms with Gasteiger partial charge in [0.15, 0.2) is 5.78 Å². The molecule has 4 rings (SSSR count). The number of aromatic nitrogens is 2. The second-order valence-electron chi connectivity index (χ2n) is 9.61. The largest absolute Gasteiger partial charge is 0.369 e. The number of Topliss-reactive ketones (excluding diaryl/α,β-unsaturated/α-hetero) is 1. The molecule has 190 valence electrons. The van der Waals surface area contributed by atoms with Gasteiger partial charge in [-0.05, 0) is 57.2 Å². The molecule has 2 aliphatic rings. The molecule has 1 aliphatic carbocycles. The molecule has 1 fully saturated rings. The highest BCUT2D eigenvalue weighted by Crippen LogP contribution is 2.37. The number of benzene rings is 1. The first-order valence-electron chi connectivity index (χ1n) is 11.8. The van der Waals surface area contributed by atoms with E-state index in [9.17, 15) is 18.0 Å². The minimum Gasteiger partial charge on any atom is -0.369 e. The Labute approximate surface area is 208 Å². The number of nitrogens with zero attached hydrogens (tertiary/aromatic N) is 3. The smallest absolute Gasteiger partial charge is 0.266 e. The summed E-state index contributed by atoms with van der Waals surface area (Å²) in [5.74, 6) is -0.162. The van der Waals surface area contributed by atoms with Gasteiger partial charge in [-0.15, -0.1) is 0 Å². The number of ketones is 1. The normalized spacial score (nSPS) is 23.0. The number of likely N-dealkylation sites (N-methyl/N-ethyl adjacent to an activating group) is 1. The van der Waals surface area contributed by atoms with Gasteiger partial charge in [-0.25, -0.2) is 23.1 Å². The predicted molar refractivity (Wildman–Crippen MR) is 127 cm³/mol. The number of carbonyl (C=O) groups excluding carboxylic acids is 1. The van der Waals surface area contributed by atoms with Gasteiger partial charge in [-0.2, -0.15) is 0 Å². The minimum atomic E-state index is -2.90. The van der Waals surface area contributed by atoms with Gasteiger partial charge in [0.25, 0.3) is 6.43 Å². The highest BCUT2D eigenvalue weighted by atomic mass is 35.5. The Morgan fingerprint density at radius 3 is 2.71 bits per heavy atom. The van der Waals surface area contributed by atoms with Crippen molar-refractivity contribution in [1.29, 1.82) is 0 Å². The second kappa shape index (κ2) is 10.4. The number of rotatable bonds is 9. The van der Waals surface area contributed by atoms with E-state index in [1.807, 2.05) is 7.05 Å². The number of anilines is 1. The summed E-state index contributed by atoms with van der Waals surface area (Å²) in [5.41, 5.74) is 0.418. The third kappa shape index (κ3) is 5.32. The Kier molecular flexibility index (Phi) is 7.68. The molecule has 6 nitrogen and oxygen atoms in total. The molecule has 1 aromatic carbocycles. The maximum absolute atomic E-state index is 14.7. The molecule has 2 unspecified atom stereocenters. The molecular formula is C25H30ClF3N4O2. The Hall–Kier alpha value is -2.23. The zero-order chi connectivity index (χ0) is 25.3. The molecule has 1 N–H and O–H groups in total. The lowest BCUT2D eigenvalue weighted by Gasteiger charge is -2.26. The van der Waals surface area contributed by atoms with Gasteiger partial charge in [0.1, 0.15) is 17.2 Å². The number of hydrogen-bond donors (Lipinski definition) is 1. The molecule has 10 heteroatoms. The first-order chi connectivity index (χ1) is 16.6. The van der Waals surface area contributed by atoms with Crippen molar-refractivity contribution in [2.24, 2.45) is 5.92 Å². The monoisotopic (exact) mass is 510 g/mol. The number of ether oxygens (including phenoxy) is 1. The predicted octanol–water partition coefficient (Wildman–Crippen LogP) is 5.16. The highest BCUT2D eigenvalue weighted by Gasteiger charge is 2.43. The van der Waals surface area contributed by atoms with Crippen LogP contribution in [0.2, 0.25) is 5.28 Å². The van der Waals surface area contributed by atoms with Gasteiger partial charge in [0.05, 0.1) is 17.3 Å². The van der Waals surface area contributed by atoms with Crippen LogP contribution in [0.25, 0.3) is 0 Å². The Morgan fingerprint density at radius 1 is 1.31 bits per heavy atom. The third-order valence-electron chi connectivity index (χ3n) is 7.25. The summed E-state index contributed by atoms with van der Waals surface area (Å²) in [6.45, 7) is 3.12. The van der Waals surface area contributed by atoms with Gasteiger partial charge >= 0.3 is 0 Å². The molecule has 2 aromatic rings. The summed E-state index contributed by atoms with van der Waals surface area (Å²) < 4.78 is 46.6. The van der Waals surface area contributed by atoms with Gasteiger partial charge in [-0.1, -0.05) is 18.2 Å². The molecule has 0 amide bonds. The summed E-state index contributed by atoms with van der Waals surface area (Å²) in [7, 11) is 3.58. The van der Waals surface area contributed by atoms with Crippen molar-refractivity contribution >= 4 is 23.2 Å². The molecule has 2 heterocycles. The number of nitrogens with one attached hydrogen (secondary N) is 1. The van der Waals surface area contributed by atoms with Crippen molar-refractivity contribution in [3.63, 3.8) is 0 Å². The first-order valence-corrected chi connectivity index (χ1v) is 12.2. The highest BCUT2D eigenvalue weighted by molar-refractivity contribution is 6.28. The lowest BCUT2D eigenvalue weighted by atomic mass is 9.90. The average molecular weight is 511 g/mol. The van der Waals surface area contributed by atoms with Gasteiger partial charge in [0, 0.05) is 37.7 Å². The number of methoxy groups -OCH3 is 1. The summed E-state index contributed by atoms with van der Waals surface area (Å²) >= 11 is 6.16. The van der Waals surface area contributed by atoms with Crippen LogP contribution in [0, 0.1) is 11.7 Å². The average Bonchev–Trinajstić information content (AvgIpc) is 3.41. The Morgan fingerprint density at radius 2 is 2.06 bits per heavy atom. The van der Waals surface area contributed by atoms with E-state index in [1.165, 1.54) is 12.1 Å². The van der Waals surface area contributed by atoms with E-state index in [0.29, 0.717) is 44.5 Å². The number of carbonyl (C=O) groups is 1. The fourth-order valence-electron chi connectivity index (χ4n) is 5.23. The fraction of sp³-hybridized carbons (Fsp3) is 0.560. The minimum absolute atomic E-state index is 0.0595. The number of fused-ring (bicyclic) bond motifs is 1. The molecule has 1 aromatic heterocycles. The van der Waals surface area contributed by atoms with Gasteiger partial charge in [0.2, 0.25) is 5.28 Å². The molecule has 0 bridgehead atoms. The van der Waals surface area contributed by atoms with E-state index in [4.69, 9.17) is 16.3 Å². The van der Waals surface area contributed by atoms with Crippen LogP contribution in [0.1, 0.15) is 61.0 Å². The number of halogens is 4. The van der Waals surface area contributed by atoms with Gasteiger partial charge in [-0.3, -0.25) is 4.79 Å². The molecule has 1 aliphatic heterocycles. The van der Waals surface area contributed by atoms with E-state index in [2.05, 4.69) is 20.2 Å². The summed E-state index contributed by atoms with van der Waals surface area (Å²) in [6, 6.07) is 3.35. The maximum Gasteiger partial charge on any atom is 0.266 e. The zero-order valence-corrected chi connectivity index (χ0v) is 20.8. The van der Waals surface area contributed by atoms with Crippen LogP contribution in [0.4, 0.5) is 19.0 Å². The SMILES string of the molecule is COC1(C(=O)CCC2Cc3nc(Cl)nc(N[C@H](C)c4cccc(C(F)F)c4F)c3C2)CCN(C)C1. The lowest BCUT2D eigenvalue weighted by molar-refractivity contribution is -0.139.